The van der Waals surface area contributed by atoms with Gasteiger partial charge in [0.05, 0.1) is 31.8 Å². The Hall–Kier alpha value is -3.15. The molecule has 6 nitrogen and oxygen atoms in total. The van der Waals surface area contributed by atoms with Gasteiger partial charge in [0.2, 0.25) is 5.91 Å². The second-order valence-electron chi connectivity index (χ2n) is 7.73. The minimum absolute atomic E-state index is 0.119. The average molecular weight is 381 g/mol. The molecule has 28 heavy (non-hydrogen) atoms. The van der Waals surface area contributed by atoms with Gasteiger partial charge in [0.15, 0.2) is 11.6 Å². The largest absolute Gasteiger partial charge is 0.496 e. The first-order valence-electron chi connectivity index (χ1n) is 8.94. The molecular formula is C22H23NO5. The lowest BCUT2D eigenvalue weighted by molar-refractivity contribution is -0.121. The topological polar surface area (TPSA) is 81.7 Å². The Morgan fingerprint density at radius 1 is 0.893 bits per heavy atom. The van der Waals surface area contributed by atoms with E-state index >= 15 is 0 Å². The number of ketones is 2. The number of methoxy groups -OCH3 is 2. The summed E-state index contributed by atoms with van der Waals surface area (Å²) in [6, 6.07) is 8.12. The Kier molecular flexibility index (Phi) is 4.98. The number of carbonyl (C=O) groups is 3. The van der Waals surface area contributed by atoms with E-state index in [4.69, 9.17) is 9.47 Å². The molecule has 0 unspecified atom stereocenters. The summed E-state index contributed by atoms with van der Waals surface area (Å²) in [4.78, 5) is 38.5. The zero-order valence-corrected chi connectivity index (χ0v) is 16.6. The molecule has 1 amide bonds. The third-order valence-electron chi connectivity index (χ3n) is 4.48. The van der Waals surface area contributed by atoms with Gasteiger partial charge in [-0.3, -0.25) is 14.4 Å². The molecule has 1 N–H and O–H groups in total. The van der Waals surface area contributed by atoms with Crippen LogP contribution in [-0.2, 0) is 11.2 Å². The van der Waals surface area contributed by atoms with Crippen molar-refractivity contribution in [1.29, 1.82) is 0 Å². The van der Waals surface area contributed by atoms with Crippen LogP contribution < -0.4 is 14.8 Å². The molecule has 1 aliphatic rings. The highest BCUT2D eigenvalue weighted by atomic mass is 16.5. The van der Waals surface area contributed by atoms with Crippen molar-refractivity contribution in [2.45, 2.75) is 32.7 Å². The summed E-state index contributed by atoms with van der Waals surface area (Å²) in [6.45, 7) is 5.70. The summed E-state index contributed by atoms with van der Waals surface area (Å²) in [6.07, 6.45) is 0.119. The van der Waals surface area contributed by atoms with Gasteiger partial charge in [-0.15, -0.1) is 0 Å². The number of hydrogen-bond donors (Lipinski definition) is 1. The number of rotatable bonds is 4. The molecule has 0 fully saturated rings. The van der Waals surface area contributed by atoms with Crippen molar-refractivity contribution in [3.05, 3.63) is 58.1 Å². The van der Waals surface area contributed by atoms with Gasteiger partial charge in [0.25, 0.3) is 0 Å². The van der Waals surface area contributed by atoms with E-state index in [1.807, 2.05) is 20.8 Å². The van der Waals surface area contributed by atoms with Crippen LogP contribution in [0.2, 0.25) is 0 Å². The third kappa shape index (κ3) is 3.50. The smallest absolute Gasteiger partial charge is 0.224 e. The fourth-order valence-electron chi connectivity index (χ4n) is 3.36. The minimum Gasteiger partial charge on any atom is -0.496 e. The Bertz CT molecular complexity index is 985. The molecule has 146 valence electrons. The Morgan fingerprint density at radius 3 is 1.93 bits per heavy atom. The van der Waals surface area contributed by atoms with Gasteiger partial charge in [0, 0.05) is 16.7 Å². The molecule has 2 aromatic rings. The number of hydrogen-bond acceptors (Lipinski definition) is 5. The SMILES string of the molecule is COc1ccc(OC)c2c1C(=O)c1ccc(CC(=O)NC(C)(C)C)cc1C2=O. The quantitative estimate of drug-likeness (QED) is 0.751. The maximum Gasteiger partial charge on any atom is 0.224 e. The number of benzene rings is 2. The fourth-order valence-corrected chi connectivity index (χ4v) is 3.36. The molecule has 1 aliphatic carbocycles. The first-order valence-corrected chi connectivity index (χ1v) is 8.94. The first kappa shape index (κ1) is 19.6. The fraction of sp³-hybridized carbons (Fsp3) is 0.318. The number of nitrogens with one attached hydrogen (secondary N) is 1. The van der Waals surface area contributed by atoms with Gasteiger partial charge in [-0.25, -0.2) is 0 Å². The molecular weight excluding hydrogens is 358 g/mol. The molecule has 0 spiro atoms. The monoisotopic (exact) mass is 381 g/mol. The van der Waals surface area contributed by atoms with Gasteiger partial charge >= 0.3 is 0 Å². The summed E-state index contributed by atoms with van der Waals surface area (Å²) < 4.78 is 10.6. The second kappa shape index (κ2) is 7.11. The molecule has 0 heterocycles. The predicted octanol–water partition coefficient (Wildman–Crippen LogP) is 2.94. The van der Waals surface area contributed by atoms with Crippen molar-refractivity contribution in [1.82, 2.24) is 5.32 Å². The summed E-state index contributed by atoms with van der Waals surface area (Å²) in [5.74, 6) is -0.129. The number of amides is 1. The minimum atomic E-state index is -0.347. The van der Waals surface area contributed by atoms with Crippen LogP contribution >= 0.6 is 0 Å². The van der Waals surface area contributed by atoms with Gasteiger partial charge in [-0.1, -0.05) is 6.07 Å². The van der Waals surface area contributed by atoms with E-state index in [0.29, 0.717) is 22.6 Å². The second-order valence-corrected chi connectivity index (χ2v) is 7.73. The van der Waals surface area contributed by atoms with E-state index in [2.05, 4.69) is 5.32 Å². The van der Waals surface area contributed by atoms with E-state index in [1.54, 1.807) is 30.3 Å². The third-order valence-corrected chi connectivity index (χ3v) is 4.48. The van der Waals surface area contributed by atoms with Crippen LogP contribution in [0.1, 0.15) is 58.2 Å². The van der Waals surface area contributed by atoms with Crippen LogP contribution in [-0.4, -0.2) is 37.2 Å². The summed E-state index contributed by atoms with van der Waals surface area (Å²) in [5, 5.41) is 2.89. The van der Waals surface area contributed by atoms with Crippen molar-refractivity contribution in [2.24, 2.45) is 0 Å². The van der Waals surface area contributed by atoms with E-state index < -0.39 is 0 Å². The Labute approximate surface area is 163 Å². The highest BCUT2D eigenvalue weighted by Gasteiger charge is 2.35. The number of carbonyl (C=O) groups excluding carboxylic acids is 3. The zero-order chi connectivity index (χ0) is 20.6. The van der Waals surface area contributed by atoms with Gasteiger partial charge in [0.1, 0.15) is 11.5 Å². The number of ether oxygens (including phenoxy) is 2. The van der Waals surface area contributed by atoms with Crippen LogP contribution in [0.4, 0.5) is 0 Å². The summed E-state index contributed by atoms with van der Waals surface area (Å²) in [5.41, 5.74) is 1.27. The highest BCUT2D eigenvalue weighted by Crippen LogP contribution is 2.38. The van der Waals surface area contributed by atoms with Crippen molar-refractivity contribution in [2.75, 3.05) is 14.2 Å². The van der Waals surface area contributed by atoms with Crippen molar-refractivity contribution < 1.29 is 23.9 Å². The average Bonchev–Trinajstić information content (AvgIpc) is 2.63. The summed E-state index contributed by atoms with van der Waals surface area (Å²) >= 11 is 0. The van der Waals surface area contributed by atoms with E-state index in [0.717, 1.165) is 0 Å². The lowest BCUT2D eigenvalue weighted by Gasteiger charge is -2.23. The molecule has 0 bridgehead atoms. The van der Waals surface area contributed by atoms with E-state index in [-0.39, 0.29) is 46.1 Å². The van der Waals surface area contributed by atoms with E-state index in [1.165, 1.54) is 14.2 Å². The highest BCUT2D eigenvalue weighted by molar-refractivity contribution is 6.30. The van der Waals surface area contributed by atoms with Gasteiger partial charge in [-0.2, -0.15) is 0 Å². The van der Waals surface area contributed by atoms with E-state index in [9.17, 15) is 14.4 Å². The lowest BCUT2D eigenvalue weighted by atomic mass is 9.82. The lowest BCUT2D eigenvalue weighted by Crippen LogP contribution is -2.41. The standard InChI is InChI=1S/C22H23NO5/c1-22(2,3)23-17(24)11-12-6-7-13-14(10-12)21(26)19-16(28-5)9-8-15(27-4)18(19)20(13)25/h6-10H,11H2,1-5H3,(H,23,24). The zero-order valence-electron chi connectivity index (χ0n) is 16.6. The molecule has 2 aromatic carbocycles. The maximum absolute atomic E-state index is 13.2. The first-order chi connectivity index (χ1) is 13.2. The maximum atomic E-state index is 13.2. The van der Waals surface area contributed by atoms with Crippen LogP contribution in [0.25, 0.3) is 0 Å². The molecule has 6 heteroatoms. The molecule has 3 rings (SSSR count). The van der Waals surface area contributed by atoms with Crippen molar-refractivity contribution in [3.8, 4) is 11.5 Å². The van der Waals surface area contributed by atoms with Crippen LogP contribution in [0.3, 0.4) is 0 Å². The predicted molar refractivity (Wildman–Crippen MR) is 104 cm³/mol. The molecule has 0 radical (unpaired) electrons. The van der Waals surface area contributed by atoms with Crippen LogP contribution in [0.5, 0.6) is 11.5 Å². The normalized spacial score (nSPS) is 12.9. The summed E-state index contributed by atoms with van der Waals surface area (Å²) in [7, 11) is 2.90. The molecule has 0 saturated carbocycles. The van der Waals surface area contributed by atoms with Gasteiger partial charge < -0.3 is 14.8 Å². The Morgan fingerprint density at radius 2 is 1.43 bits per heavy atom. The molecule has 0 atom stereocenters. The molecule has 0 saturated heterocycles. The number of fused-ring (bicyclic) bond motifs is 2. The molecule has 0 aromatic heterocycles. The van der Waals surface area contributed by atoms with Crippen molar-refractivity contribution in [3.63, 3.8) is 0 Å². The van der Waals surface area contributed by atoms with Gasteiger partial charge in [-0.05, 0) is 50.6 Å². The van der Waals surface area contributed by atoms with Crippen LogP contribution in [0, 0.1) is 0 Å². The molecule has 0 aliphatic heterocycles. The van der Waals surface area contributed by atoms with Crippen LogP contribution in [0.15, 0.2) is 30.3 Å². The Balaban J connectivity index is 2.04. The van der Waals surface area contributed by atoms with Crippen molar-refractivity contribution >= 4 is 17.5 Å².